The zero-order chi connectivity index (χ0) is 23.4. The van der Waals surface area contributed by atoms with Crippen molar-refractivity contribution in [2.75, 3.05) is 19.8 Å². The molecular weight excluding hydrogens is 439 g/mol. The van der Waals surface area contributed by atoms with Gasteiger partial charge in [0.1, 0.15) is 5.82 Å². The van der Waals surface area contributed by atoms with Crippen LogP contribution in [0.15, 0.2) is 58.8 Å². The summed E-state index contributed by atoms with van der Waals surface area (Å²) in [5.74, 6) is 0.627. The van der Waals surface area contributed by atoms with Gasteiger partial charge in [0.2, 0.25) is 5.82 Å². The molecule has 2 heterocycles. The lowest BCUT2D eigenvalue weighted by atomic mass is 9.94. The van der Waals surface area contributed by atoms with Gasteiger partial charge in [-0.05, 0) is 63.2 Å². The monoisotopic (exact) mass is 466 g/mol. The standard InChI is InChI=1S/C25H27FN4O2S/c1-4-31-14-6-13-30-17(3)21(22(27-25(30)33)18-9-11-20(26)12-10-18)24-28-23(29-32-24)19-8-5-7-16(2)15-19/h5,7-12,15,22H,4,6,13-14H2,1-3H3,(H,27,33). The van der Waals surface area contributed by atoms with Crippen molar-refractivity contribution in [1.82, 2.24) is 20.4 Å². The molecule has 8 heteroatoms. The minimum Gasteiger partial charge on any atom is -0.382 e. The SMILES string of the molecule is CCOCCCN1C(=S)NC(c2ccc(F)cc2)C(c2nc(-c3cccc(C)c3)no2)=C1C. The van der Waals surface area contributed by atoms with Gasteiger partial charge in [-0.15, -0.1) is 0 Å². The molecule has 0 spiro atoms. The van der Waals surface area contributed by atoms with Crippen molar-refractivity contribution < 1.29 is 13.7 Å². The summed E-state index contributed by atoms with van der Waals surface area (Å²) in [4.78, 5) is 6.74. The Morgan fingerprint density at radius 1 is 1.18 bits per heavy atom. The van der Waals surface area contributed by atoms with Gasteiger partial charge < -0.3 is 19.5 Å². The van der Waals surface area contributed by atoms with Crippen LogP contribution in [0.5, 0.6) is 0 Å². The van der Waals surface area contributed by atoms with E-state index in [-0.39, 0.29) is 11.9 Å². The Morgan fingerprint density at radius 3 is 2.70 bits per heavy atom. The molecule has 1 atom stereocenters. The molecule has 1 aliphatic heterocycles. The fourth-order valence-electron chi connectivity index (χ4n) is 3.94. The smallest absolute Gasteiger partial charge is 0.258 e. The fourth-order valence-corrected chi connectivity index (χ4v) is 4.28. The summed E-state index contributed by atoms with van der Waals surface area (Å²) in [6, 6.07) is 14.0. The summed E-state index contributed by atoms with van der Waals surface area (Å²) >= 11 is 5.68. The molecule has 0 fully saturated rings. The van der Waals surface area contributed by atoms with Crippen molar-refractivity contribution in [1.29, 1.82) is 0 Å². The van der Waals surface area contributed by atoms with Gasteiger partial charge in [0, 0.05) is 31.0 Å². The lowest BCUT2D eigenvalue weighted by Crippen LogP contribution is -2.46. The van der Waals surface area contributed by atoms with Crippen molar-refractivity contribution in [2.24, 2.45) is 0 Å². The molecule has 0 bridgehead atoms. The van der Waals surface area contributed by atoms with Gasteiger partial charge in [-0.2, -0.15) is 4.98 Å². The quantitative estimate of drug-likeness (QED) is 0.358. The van der Waals surface area contributed by atoms with Crippen LogP contribution < -0.4 is 5.32 Å². The van der Waals surface area contributed by atoms with Gasteiger partial charge in [0.25, 0.3) is 5.89 Å². The molecule has 172 valence electrons. The Bertz CT molecular complexity index is 1160. The Kier molecular flexibility index (Phi) is 7.15. The van der Waals surface area contributed by atoms with Crippen molar-refractivity contribution in [3.63, 3.8) is 0 Å². The van der Waals surface area contributed by atoms with Crippen LogP contribution in [0.3, 0.4) is 0 Å². The molecule has 33 heavy (non-hydrogen) atoms. The third kappa shape index (κ3) is 5.12. The molecule has 0 saturated carbocycles. The molecule has 0 saturated heterocycles. The van der Waals surface area contributed by atoms with Gasteiger partial charge >= 0.3 is 0 Å². The summed E-state index contributed by atoms with van der Waals surface area (Å²) in [6.07, 6.45) is 0.819. The fraction of sp³-hybridized carbons (Fsp3) is 0.320. The van der Waals surface area contributed by atoms with E-state index in [1.54, 1.807) is 12.1 Å². The van der Waals surface area contributed by atoms with E-state index in [0.717, 1.165) is 34.4 Å². The Labute approximate surface area is 198 Å². The molecule has 0 aliphatic carbocycles. The van der Waals surface area contributed by atoms with Crippen LogP contribution in [0.25, 0.3) is 17.0 Å². The van der Waals surface area contributed by atoms with E-state index >= 15 is 0 Å². The lowest BCUT2D eigenvalue weighted by Gasteiger charge is -2.37. The van der Waals surface area contributed by atoms with Crippen LogP contribution in [0.2, 0.25) is 0 Å². The van der Waals surface area contributed by atoms with Crippen LogP contribution in [0.1, 0.15) is 43.3 Å². The van der Waals surface area contributed by atoms with Gasteiger partial charge in [-0.3, -0.25) is 0 Å². The number of halogens is 1. The first-order chi connectivity index (χ1) is 16.0. The number of allylic oxidation sites excluding steroid dienone is 1. The van der Waals surface area contributed by atoms with Crippen LogP contribution in [0, 0.1) is 12.7 Å². The average Bonchev–Trinajstić information content (AvgIpc) is 3.28. The number of benzene rings is 2. The number of aromatic nitrogens is 2. The first-order valence-electron chi connectivity index (χ1n) is 11.0. The highest BCUT2D eigenvalue weighted by Crippen LogP contribution is 2.37. The maximum Gasteiger partial charge on any atom is 0.258 e. The molecule has 1 unspecified atom stereocenters. The first kappa shape index (κ1) is 23.1. The van der Waals surface area contributed by atoms with Crippen molar-refractivity contribution in [2.45, 2.75) is 33.2 Å². The molecule has 1 aliphatic rings. The van der Waals surface area contributed by atoms with Crippen LogP contribution in [-0.2, 0) is 4.74 Å². The lowest BCUT2D eigenvalue weighted by molar-refractivity contribution is 0.141. The minimum atomic E-state index is -0.341. The number of nitrogens with one attached hydrogen (secondary N) is 1. The van der Waals surface area contributed by atoms with E-state index < -0.39 is 0 Å². The number of rotatable bonds is 8. The molecular formula is C25H27FN4O2S. The number of aryl methyl sites for hydroxylation is 1. The molecule has 4 rings (SSSR count). The van der Waals surface area contributed by atoms with E-state index in [9.17, 15) is 4.39 Å². The van der Waals surface area contributed by atoms with Crippen LogP contribution in [-0.4, -0.2) is 39.9 Å². The van der Waals surface area contributed by atoms with Crippen molar-refractivity contribution >= 4 is 22.9 Å². The third-order valence-corrected chi connectivity index (χ3v) is 5.95. The first-order valence-corrected chi connectivity index (χ1v) is 11.4. The number of hydrogen-bond acceptors (Lipinski definition) is 5. The van der Waals surface area contributed by atoms with Gasteiger partial charge in [0.05, 0.1) is 11.6 Å². The zero-order valence-electron chi connectivity index (χ0n) is 19.0. The highest BCUT2D eigenvalue weighted by atomic mass is 32.1. The maximum absolute atomic E-state index is 13.6. The summed E-state index contributed by atoms with van der Waals surface area (Å²) in [5.41, 5.74) is 4.59. The summed E-state index contributed by atoms with van der Waals surface area (Å²) in [5, 5.41) is 8.22. The Morgan fingerprint density at radius 2 is 1.97 bits per heavy atom. The van der Waals surface area contributed by atoms with E-state index in [4.69, 9.17) is 26.5 Å². The van der Waals surface area contributed by atoms with Gasteiger partial charge in [-0.1, -0.05) is 41.1 Å². The van der Waals surface area contributed by atoms with E-state index in [1.165, 1.54) is 12.1 Å². The minimum absolute atomic E-state index is 0.295. The second-order valence-electron chi connectivity index (χ2n) is 7.93. The molecule has 6 nitrogen and oxygen atoms in total. The number of thiocarbonyl (C=S) groups is 1. The Hall–Kier alpha value is -3.10. The normalized spacial score (nSPS) is 16.3. The number of hydrogen-bond donors (Lipinski definition) is 1. The van der Waals surface area contributed by atoms with E-state index in [2.05, 4.69) is 10.5 Å². The number of ether oxygens (including phenoxy) is 1. The average molecular weight is 467 g/mol. The second kappa shape index (κ2) is 10.2. The van der Waals surface area contributed by atoms with Crippen LogP contribution >= 0.6 is 12.2 Å². The highest BCUT2D eigenvalue weighted by molar-refractivity contribution is 7.80. The van der Waals surface area contributed by atoms with Crippen molar-refractivity contribution in [3.8, 4) is 11.4 Å². The molecule has 0 radical (unpaired) electrons. The van der Waals surface area contributed by atoms with Gasteiger partial charge in [0.15, 0.2) is 5.11 Å². The molecule has 3 aromatic rings. The predicted molar refractivity (Wildman–Crippen MR) is 130 cm³/mol. The molecule has 1 N–H and O–H groups in total. The zero-order valence-corrected chi connectivity index (χ0v) is 19.8. The van der Waals surface area contributed by atoms with E-state index in [1.807, 2.05) is 49.9 Å². The summed E-state index contributed by atoms with van der Waals surface area (Å²) in [7, 11) is 0. The number of nitrogens with zero attached hydrogens (tertiary/aromatic N) is 3. The predicted octanol–water partition coefficient (Wildman–Crippen LogP) is 5.27. The summed E-state index contributed by atoms with van der Waals surface area (Å²) < 4.78 is 24.8. The molecule has 2 aromatic carbocycles. The van der Waals surface area contributed by atoms with Gasteiger partial charge in [-0.25, -0.2) is 4.39 Å². The Balaban J connectivity index is 1.74. The third-order valence-electron chi connectivity index (χ3n) is 5.61. The van der Waals surface area contributed by atoms with Crippen molar-refractivity contribution in [3.05, 3.63) is 77.1 Å². The molecule has 1 aromatic heterocycles. The maximum atomic E-state index is 13.6. The highest BCUT2D eigenvalue weighted by Gasteiger charge is 2.34. The summed E-state index contributed by atoms with van der Waals surface area (Å²) in [6.45, 7) is 8.02. The molecule has 0 amide bonds. The van der Waals surface area contributed by atoms with Crippen LogP contribution in [0.4, 0.5) is 4.39 Å². The van der Waals surface area contributed by atoms with E-state index in [0.29, 0.717) is 36.6 Å². The second-order valence-corrected chi connectivity index (χ2v) is 8.31. The topological polar surface area (TPSA) is 63.4 Å². The largest absolute Gasteiger partial charge is 0.382 e.